The van der Waals surface area contributed by atoms with Gasteiger partial charge in [0.15, 0.2) is 0 Å². The van der Waals surface area contributed by atoms with Gasteiger partial charge in [0.2, 0.25) is 11.9 Å². The summed E-state index contributed by atoms with van der Waals surface area (Å²) >= 11 is 0. The second-order valence-corrected chi connectivity index (χ2v) is 6.08. The molecule has 0 unspecified atom stereocenters. The second kappa shape index (κ2) is 8.93. The molecule has 1 fully saturated rings. The number of aromatic nitrogens is 2. The fourth-order valence-electron chi connectivity index (χ4n) is 2.70. The van der Waals surface area contributed by atoms with Gasteiger partial charge in [-0.15, -0.1) is 0 Å². The van der Waals surface area contributed by atoms with Gasteiger partial charge in [0.25, 0.3) is 0 Å². The third-order valence-electron chi connectivity index (χ3n) is 4.20. The van der Waals surface area contributed by atoms with Crippen LogP contribution in [0, 0.1) is 5.82 Å². The number of nitrogens with one attached hydrogen (secondary N) is 2. The highest BCUT2D eigenvalue weighted by atomic mass is 19.1. The molecule has 2 N–H and O–H groups in total. The third-order valence-corrected chi connectivity index (χ3v) is 4.20. The zero-order valence-electron chi connectivity index (χ0n) is 14.8. The molecule has 142 valence electrons. The predicted octanol–water partition coefficient (Wildman–Crippen LogP) is 0.764. The quantitative estimate of drug-likeness (QED) is 0.809. The lowest BCUT2D eigenvalue weighted by molar-refractivity contribution is -0.120. The first kappa shape index (κ1) is 18.6. The number of hydrogen-bond acceptors (Lipinski definition) is 5. The summed E-state index contributed by atoms with van der Waals surface area (Å²) in [6, 6.07) is 7.36. The highest BCUT2D eigenvalue weighted by Gasteiger charge is 2.22. The van der Waals surface area contributed by atoms with Gasteiger partial charge in [0, 0.05) is 45.1 Å². The number of nitrogens with zero attached hydrogens (tertiary/aromatic N) is 4. The number of halogens is 1. The number of hydrogen-bond donors (Lipinski definition) is 2. The molecule has 9 heteroatoms. The molecule has 1 aromatic carbocycles. The number of benzene rings is 1. The normalized spacial score (nSPS) is 14.0. The Bertz CT molecular complexity index is 763. The maximum absolute atomic E-state index is 12.8. The Labute approximate surface area is 156 Å². The van der Waals surface area contributed by atoms with Gasteiger partial charge in [-0.1, -0.05) is 12.1 Å². The van der Waals surface area contributed by atoms with E-state index < -0.39 is 0 Å². The first-order chi connectivity index (χ1) is 13.1. The fourth-order valence-corrected chi connectivity index (χ4v) is 2.70. The number of amides is 3. The summed E-state index contributed by atoms with van der Waals surface area (Å²) in [4.78, 5) is 36.1. The van der Waals surface area contributed by atoms with E-state index in [1.165, 1.54) is 12.1 Å². The Morgan fingerprint density at radius 2 is 1.67 bits per heavy atom. The molecular formula is C18H21FN6O2. The van der Waals surface area contributed by atoms with Crippen LogP contribution in [0.15, 0.2) is 42.7 Å². The Hall–Kier alpha value is -3.23. The van der Waals surface area contributed by atoms with E-state index in [0.717, 1.165) is 5.56 Å². The van der Waals surface area contributed by atoms with Gasteiger partial charge in [0.1, 0.15) is 5.82 Å². The summed E-state index contributed by atoms with van der Waals surface area (Å²) in [6.45, 7) is 2.50. The molecule has 0 atom stereocenters. The van der Waals surface area contributed by atoms with E-state index >= 15 is 0 Å². The van der Waals surface area contributed by atoms with E-state index in [1.807, 2.05) is 4.90 Å². The minimum absolute atomic E-state index is 0.109. The molecule has 0 aliphatic carbocycles. The number of carbonyl (C=O) groups excluding carboxylic acids is 2. The average Bonchev–Trinajstić information content (AvgIpc) is 2.72. The molecule has 0 radical (unpaired) electrons. The average molecular weight is 372 g/mol. The van der Waals surface area contributed by atoms with Crippen LogP contribution in [0.5, 0.6) is 0 Å². The van der Waals surface area contributed by atoms with Gasteiger partial charge < -0.3 is 20.4 Å². The Kier molecular flexibility index (Phi) is 6.14. The van der Waals surface area contributed by atoms with E-state index in [2.05, 4.69) is 20.6 Å². The van der Waals surface area contributed by atoms with Crippen molar-refractivity contribution in [2.24, 2.45) is 0 Å². The first-order valence-corrected chi connectivity index (χ1v) is 8.68. The monoisotopic (exact) mass is 372 g/mol. The van der Waals surface area contributed by atoms with Crippen molar-refractivity contribution in [3.05, 3.63) is 54.1 Å². The summed E-state index contributed by atoms with van der Waals surface area (Å²) in [5, 5.41) is 5.30. The summed E-state index contributed by atoms with van der Waals surface area (Å²) < 4.78 is 12.8. The topological polar surface area (TPSA) is 90.5 Å². The van der Waals surface area contributed by atoms with Gasteiger partial charge >= 0.3 is 6.03 Å². The third kappa shape index (κ3) is 5.37. The van der Waals surface area contributed by atoms with Gasteiger partial charge in [-0.25, -0.2) is 19.2 Å². The Morgan fingerprint density at radius 1 is 1.00 bits per heavy atom. The van der Waals surface area contributed by atoms with Crippen LogP contribution in [0.1, 0.15) is 5.56 Å². The van der Waals surface area contributed by atoms with E-state index in [0.29, 0.717) is 32.1 Å². The molecule has 0 saturated carbocycles. The molecule has 1 aromatic heterocycles. The summed E-state index contributed by atoms with van der Waals surface area (Å²) in [5.74, 6) is 0.0259. The van der Waals surface area contributed by atoms with Crippen LogP contribution in [-0.2, 0) is 11.3 Å². The molecule has 8 nitrogen and oxygen atoms in total. The van der Waals surface area contributed by atoms with Crippen LogP contribution in [0.4, 0.5) is 15.1 Å². The predicted molar refractivity (Wildman–Crippen MR) is 97.5 cm³/mol. The minimum Gasteiger partial charge on any atom is -0.350 e. The minimum atomic E-state index is -0.323. The maximum atomic E-state index is 12.8. The number of piperazine rings is 1. The van der Waals surface area contributed by atoms with E-state index in [-0.39, 0.29) is 30.8 Å². The van der Waals surface area contributed by atoms with Crippen LogP contribution >= 0.6 is 0 Å². The van der Waals surface area contributed by atoms with E-state index in [1.54, 1.807) is 35.5 Å². The molecule has 0 bridgehead atoms. The highest BCUT2D eigenvalue weighted by Crippen LogP contribution is 2.09. The molecular weight excluding hydrogens is 351 g/mol. The molecule has 1 aliphatic heterocycles. The Balaban J connectivity index is 1.37. The molecule has 2 heterocycles. The van der Waals surface area contributed by atoms with Gasteiger partial charge in [-0.2, -0.15) is 0 Å². The summed E-state index contributed by atoms with van der Waals surface area (Å²) in [7, 11) is 0. The highest BCUT2D eigenvalue weighted by molar-refractivity contribution is 5.84. The zero-order chi connectivity index (χ0) is 19.1. The van der Waals surface area contributed by atoms with Crippen molar-refractivity contribution >= 4 is 17.9 Å². The van der Waals surface area contributed by atoms with Crippen molar-refractivity contribution < 1.29 is 14.0 Å². The molecule has 3 rings (SSSR count). The Morgan fingerprint density at radius 3 is 2.33 bits per heavy atom. The zero-order valence-corrected chi connectivity index (χ0v) is 14.8. The number of carbonyl (C=O) groups is 2. The number of urea groups is 1. The largest absolute Gasteiger partial charge is 0.350 e. The van der Waals surface area contributed by atoms with Crippen LogP contribution in [-0.4, -0.2) is 59.5 Å². The van der Waals surface area contributed by atoms with Crippen LogP contribution < -0.4 is 15.5 Å². The van der Waals surface area contributed by atoms with Crippen molar-refractivity contribution in [3.63, 3.8) is 0 Å². The molecule has 0 spiro atoms. The molecule has 1 saturated heterocycles. The molecule has 27 heavy (non-hydrogen) atoms. The summed E-state index contributed by atoms with van der Waals surface area (Å²) in [5.41, 5.74) is 0.787. The lowest BCUT2D eigenvalue weighted by Crippen LogP contribution is -2.53. The van der Waals surface area contributed by atoms with Crippen molar-refractivity contribution in [1.29, 1.82) is 0 Å². The first-order valence-electron chi connectivity index (χ1n) is 8.68. The van der Waals surface area contributed by atoms with Crippen LogP contribution in [0.3, 0.4) is 0 Å². The van der Waals surface area contributed by atoms with Crippen molar-refractivity contribution in [3.8, 4) is 0 Å². The van der Waals surface area contributed by atoms with E-state index in [9.17, 15) is 14.0 Å². The lowest BCUT2D eigenvalue weighted by Gasteiger charge is -2.34. The van der Waals surface area contributed by atoms with Gasteiger partial charge in [0.05, 0.1) is 6.54 Å². The lowest BCUT2D eigenvalue weighted by atomic mass is 10.2. The number of anilines is 1. The molecule has 2 aromatic rings. The molecule has 1 aliphatic rings. The molecule has 3 amide bonds. The van der Waals surface area contributed by atoms with Gasteiger partial charge in [-0.3, -0.25) is 4.79 Å². The standard InChI is InChI=1S/C18H21FN6O2/c19-15-4-2-14(3-5-15)12-22-16(26)13-23-18(27)25-10-8-24(9-11-25)17-20-6-1-7-21-17/h1-7H,8-13H2,(H,22,26)(H,23,27). The SMILES string of the molecule is O=C(CNC(=O)N1CCN(c2ncccn2)CC1)NCc1ccc(F)cc1. The van der Waals surface area contributed by atoms with Crippen LogP contribution in [0.25, 0.3) is 0 Å². The van der Waals surface area contributed by atoms with E-state index in [4.69, 9.17) is 0 Å². The van der Waals surface area contributed by atoms with Gasteiger partial charge in [-0.05, 0) is 23.8 Å². The summed E-state index contributed by atoms with van der Waals surface area (Å²) in [6.07, 6.45) is 3.37. The fraction of sp³-hybridized carbons (Fsp3) is 0.333. The smallest absolute Gasteiger partial charge is 0.317 e. The van der Waals surface area contributed by atoms with Crippen molar-refractivity contribution in [2.75, 3.05) is 37.6 Å². The number of rotatable bonds is 5. The maximum Gasteiger partial charge on any atom is 0.317 e. The van der Waals surface area contributed by atoms with Crippen molar-refractivity contribution in [1.82, 2.24) is 25.5 Å². The van der Waals surface area contributed by atoms with Crippen molar-refractivity contribution in [2.45, 2.75) is 6.54 Å². The second-order valence-electron chi connectivity index (χ2n) is 6.08. The van der Waals surface area contributed by atoms with Crippen LogP contribution in [0.2, 0.25) is 0 Å².